The summed E-state index contributed by atoms with van der Waals surface area (Å²) >= 11 is 15.4. The first-order valence-electron chi connectivity index (χ1n) is 11.5. The maximum absolute atomic E-state index is 12.1. The third-order valence-electron chi connectivity index (χ3n) is 6.74. The van der Waals surface area contributed by atoms with E-state index in [-0.39, 0.29) is 17.7 Å². The van der Waals surface area contributed by atoms with E-state index in [2.05, 4.69) is 19.9 Å². The van der Waals surface area contributed by atoms with Crippen LogP contribution in [-0.2, 0) is 35.3 Å². The van der Waals surface area contributed by atoms with Crippen LogP contribution < -0.4 is 0 Å². The summed E-state index contributed by atoms with van der Waals surface area (Å²) in [4.78, 5) is 45.4. The second-order valence-corrected chi connectivity index (χ2v) is 12.0. The van der Waals surface area contributed by atoms with E-state index in [0.717, 1.165) is 56.6 Å². The number of carbonyl (C=O) groups excluding carboxylic acids is 1. The first kappa shape index (κ1) is 25.3. The highest BCUT2D eigenvalue weighted by Crippen LogP contribution is 2.40. The normalized spacial score (nSPS) is 18.8. The van der Waals surface area contributed by atoms with Crippen LogP contribution in [0.25, 0.3) is 20.4 Å². The number of hydrogen-bond donors (Lipinski definition) is 1. The first-order valence-corrected chi connectivity index (χ1v) is 13.9. The molecule has 0 aromatic carbocycles. The van der Waals surface area contributed by atoms with Crippen LogP contribution in [0, 0.1) is 11.8 Å². The number of aryl methyl sites for hydroxylation is 2. The van der Waals surface area contributed by atoms with Gasteiger partial charge in [0.2, 0.25) is 5.91 Å². The molecule has 2 aliphatic carbocycles. The lowest BCUT2D eigenvalue weighted by Gasteiger charge is -2.24. The number of rotatable bonds is 2. The number of carbonyl (C=O) groups is 2. The molecule has 8 nitrogen and oxygen atoms in total. The molecule has 4 aromatic heterocycles. The van der Waals surface area contributed by atoms with Gasteiger partial charge < -0.3 is 10.0 Å². The minimum Gasteiger partial charge on any atom is -0.481 e. The van der Waals surface area contributed by atoms with E-state index in [4.69, 9.17) is 28.3 Å². The molecule has 2 aliphatic rings. The van der Waals surface area contributed by atoms with Crippen LogP contribution in [0.15, 0.2) is 12.7 Å². The summed E-state index contributed by atoms with van der Waals surface area (Å²) in [6.45, 7) is 0. The van der Waals surface area contributed by atoms with Gasteiger partial charge in [-0.25, -0.2) is 19.9 Å². The SMILES string of the molecule is CN(C)C(=O)[C@H]1CCc2c(sc3ncnc(Cl)c23)C1.O=C(O)[C@H]1CCc2c(sc3ncnc(Cl)c23)C1. The monoisotopic (exact) mass is 563 g/mol. The molecule has 0 fully saturated rings. The summed E-state index contributed by atoms with van der Waals surface area (Å²) in [5, 5.41) is 11.9. The Morgan fingerprint density at radius 3 is 1.81 bits per heavy atom. The molecule has 6 rings (SSSR count). The second-order valence-electron chi connectivity index (χ2n) is 9.15. The number of aliphatic carboxylic acids is 1. The van der Waals surface area contributed by atoms with E-state index in [1.807, 2.05) is 14.1 Å². The molecular formula is C24H23Cl2N5O3S2. The number of fused-ring (bicyclic) bond motifs is 6. The zero-order valence-electron chi connectivity index (χ0n) is 19.6. The van der Waals surface area contributed by atoms with Crippen molar-refractivity contribution >= 4 is 78.2 Å². The summed E-state index contributed by atoms with van der Waals surface area (Å²) < 4.78 is 0. The van der Waals surface area contributed by atoms with E-state index in [9.17, 15) is 9.59 Å². The Balaban J connectivity index is 0.000000149. The maximum Gasteiger partial charge on any atom is 0.306 e. The molecule has 12 heteroatoms. The lowest BCUT2D eigenvalue weighted by Crippen LogP contribution is -2.32. The summed E-state index contributed by atoms with van der Waals surface area (Å²) in [6.07, 6.45) is 7.49. The van der Waals surface area contributed by atoms with E-state index in [0.29, 0.717) is 23.1 Å². The van der Waals surface area contributed by atoms with Gasteiger partial charge in [-0.1, -0.05) is 23.2 Å². The average molecular weight is 565 g/mol. The van der Waals surface area contributed by atoms with E-state index >= 15 is 0 Å². The second kappa shape index (κ2) is 10.2. The largest absolute Gasteiger partial charge is 0.481 e. The van der Waals surface area contributed by atoms with Crippen molar-refractivity contribution in [3.63, 3.8) is 0 Å². The predicted octanol–water partition coefficient (Wildman–Crippen LogP) is 5.07. The summed E-state index contributed by atoms with van der Waals surface area (Å²) in [5.74, 6) is -0.699. The Morgan fingerprint density at radius 2 is 1.33 bits per heavy atom. The van der Waals surface area contributed by atoms with Gasteiger partial charge in [0, 0.05) is 29.8 Å². The number of hydrogen-bond acceptors (Lipinski definition) is 8. The number of thiophene rings is 2. The molecule has 0 aliphatic heterocycles. The minimum atomic E-state index is -0.717. The zero-order chi connectivity index (χ0) is 25.6. The molecule has 0 saturated carbocycles. The minimum absolute atomic E-state index is 0.0855. The Kier molecular flexibility index (Phi) is 7.13. The highest BCUT2D eigenvalue weighted by atomic mass is 35.5. The van der Waals surface area contributed by atoms with Crippen LogP contribution >= 0.6 is 45.9 Å². The Bertz CT molecular complexity index is 1490. The van der Waals surface area contributed by atoms with Gasteiger partial charge in [0.1, 0.15) is 32.6 Å². The van der Waals surface area contributed by atoms with Gasteiger partial charge in [-0.2, -0.15) is 0 Å². The number of carboxylic acid groups (broad SMARTS) is 1. The molecule has 1 N–H and O–H groups in total. The fourth-order valence-corrected chi connectivity index (χ4v) is 8.07. The van der Waals surface area contributed by atoms with Crippen LogP contribution in [0.1, 0.15) is 33.7 Å². The lowest BCUT2D eigenvalue weighted by molar-refractivity contribution is -0.142. The molecule has 188 valence electrons. The van der Waals surface area contributed by atoms with Crippen LogP contribution in [-0.4, -0.2) is 55.9 Å². The first-order chi connectivity index (χ1) is 17.2. The predicted molar refractivity (Wildman–Crippen MR) is 142 cm³/mol. The fraction of sp³-hybridized carbons (Fsp3) is 0.417. The van der Waals surface area contributed by atoms with Crippen molar-refractivity contribution in [2.45, 2.75) is 38.5 Å². The number of halogens is 2. The van der Waals surface area contributed by atoms with Gasteiger partial charge in [-0.3, -0.25) is 9.59 Å². The van der Waals surface area contributed by atoms with Crippen molar-refractivity contribution in [1.82, 2.24) is 24.8 Å². The molecule has 1 amide bonds. The number of carboxylic acids is 1. The third-order valence-corrected chi connectivity index (χ3v) is 9.64. The van der Waals surface area contributed by atoms with Gasteiger partial charge in [-0.05, 0) is 49.7 Å². The quantitative estimate of drug-likeness (QED) is 0.339. The van der Waals surface area contributed by atoms with Crippen LogP contribution in [0.3, 0.4) is 0 Å². The summed E-state index contributed by atoms with van der Waals surface area (Å²) in [6, 6.07) is 0. The third kappa shape index (κ3) is 4.67. The molecular weight excluding hydrogens is 541 g/mol. The highest BCUT2D eigenvalue weighted by molar-refractivity contribution is 7.19. The molecule has 2 atom stereocenters. The van der Waals surface area contributed by atoms with Crippen molar-refractivity contribution in [3.05, 3.63) is 43.8 Å². The van der Waals surface area contributed by atoms with Gasteiger partial charge >= 0.3 is 5.97 Å². The standard InChI is InChI=1S/C13H14ClN3OS.C11H9ClN2O2S/c1-17(2)13(18)7-3-4-8-9(5-7)19-12-10(8)11(14)15-6-16-12;12-9-8-6-2-1-5(11(15)16)3-7(6)17-10(8)14-4-13-9/h6-7H,3-5H2,1-2H3;4-5H,1-3H2,(H,15,16)/t7-;5-/m00/s1. The van der Waals surface area contributed by atoms with Crippen molar-refractivity contribution in [3.8, 4) is 0 Å². The van der Waals surface area contributed by atoms with Gasteiger partial charge in [0.05, 0.1) is 16.7 Å². The van der Waals surface area contributed by atoms with Crippen molar-refractivity contribution in [2.24, 2.45) is 11.8 Å². The molecule has 4 heterocycles. The Hall–Kier alpha value is -2.40. The highest BCUT2D eigenvalue weighted by Gasteiger charge is 2.30. The summed E-state index contributed by atoms with van der Waals surface area (Å²) in [5.41, 5.74) is 2.39. The molecule has 4 aromatic rings. The van der Waals surface area contributed by atoms with Gasteiger partial charge in [-0.15, -0.1) is 22.7 Å². The molecule has 0 spiro atoms. The van der Waals surface area contributed by atoms with Gasteiger partial charge in [0.25, 0.3) is 0 Å². The molecule has 0 radical (unpaired) electrons. The van der Waals surface area contributed by atoms with E-state index in [1.165, 1.54) is 34.4 Å². The number of amides is 1. The van der Waals surface area contributed by atoms with E-state index < -0.39 is 5.97 Å². The average Bonchev–Trinajstić information content (AvgIpc) is 3.42. The summed E-state index contributed by atoms with van der Waals surface area (Å²) in [7, 11) is 3.62. The van der Waals surface area contributed by atoms with Crippen molar-refractivity contribution < 1.29 is 14.7 Å². The molecule has 36 heavy (non-hydrogen) atoms. The number of nitrogens with zero attached hydrogens (tertiary/aromatic N) is 5. The molecule has 0 unspecified atom stereocenters. The van der Waals surface area contributed by atoms with Crippen molar-refractivity contribution in [1.29, 1.82) is 0 Å². The van der Waals surface area contributed by atoms with Crippen molar-refractivity contribution in [2.75, 3.05) is 14.1 Å². The topological polar surface area (TPSA) is 109 Å². The Morgan fingerprint density at radius 1 is 0.861 bits per heavy atom. The fourth-order valence-electron chi connectivity index (χ4n) is 4.93. The van der Waals surface area contributed by atoms with Crippen LogP contribution in [0.2, 0.25) is 10.3 Å². The molecule has 0 bridgehead atoms. The smallest absolute Gasteiger partial charge is 0.306 e. The van der Waals surface area contributed by atoms with Gasteiger partial charge in [0.15, 0.2) is 0 Å². The van der Waals surface area contributed by atoms with Crippen LogP contribution in [0.5, 0.6) is 0 Å². The Labute approximate surface area is 225 Å². The van der Waals surface area contributed by atoms with E-state index in [1.54, 1.807) is 16.2 Å². The number of aromatic nitrogens is 4. The maximum atomic E-state index is 12.1. The zero-order valence-corrected chi connectivity index (χ0v) is 22.8. The lowest BCUT2D eigenvalue weighted by atomic mass is 9.87. The molecule has 0 saturated heterocycles. The van der Waals surface area contributed by atoms with Crippen LogP contribution in [0.4, 0.5) is 0 Å².